The van der Waals surface area contributed by atoms with E-state index in [-0.39, 0.29) is 30.3 Å². The number of aromatic nitrogens is 1. The van der Waals surface area contributed by atoms with E-state index >= 15 is 0 Å². The highest BCUT2D eigenvalue weighted by Gasteiger charge is 2.28. The molecule has 0 spiro atoms. The second kappa shape index (κ2) is 9.84. The third kappa shape index (κ3) is 5.66. The Hall–Kier alpha value is -2.74. The van der Waals surface area contributed by atoms with Gasteiger partial charge in [-0.05, 0) is 37.1 Å². The number of likely N-dealkylation sites (N-methyl/N-ethyl adjacent to an activating group) is 1. The molecule has 0 aliphatic carbocycles. The molecule has 3 N–H and O–H groups in total. The normalized spacial score (nSPS) is 16.4. The summed E-state index contributed by atoms with van der Waals surface area (Å²) in [5, 5.41) is 7.25. The molecule has 1 aromatic heterocycles. The summed E-state index contributed by atoms with van der Waals surface area (Å²) < 4.78 is 0. The van der Waals surface area contributed by atoms with E-state index < -0.39 is 0 Å². The van der Waals surface area contributed by atoms with Crippen LogP contribution in [0.4, 0.5) is 4.79 Å². The van der Waals surface area contributed by atoms with Gasteiger partial charge >= 0.3 is 6.03 Å². The lowest BCUT2D eigenvalue weighted by Crippen LogP contribution is -2.52. The quantitative estimate of drug-likeness (QED) is 0.652. The Labute approximate surface area is 180 Å². The van der Waals surface area contributed by atoms with Gasteiger partial charge in [0.25, 0.3) is 0 Å². The zero-order chi connectivity index (χ0) is 21.7. The summed E-state index contributed by atoms with van der Waals surface area (Å²) in [5.74, 6) is -0.146. The number of piperidine rings is 1. The highest BCUT2D eigenvalue weighted by atomic mass is 35.5. The molecule has 1 aliphatic rings. The van der Waals surface area contributed by atoms with Gasteiger partial charge in [-0.1, -0.05) is 11.6 Å². The van der Waals surface area contributed by atoms with Crippen molar-refractivity contribution < 1.29 is 14.4 Å². The summed E-state index contributed by atoms with van der Waals surface area (Å²) in [6.07, 6.45) is 1.97. The Morgan fingerprint density at radius 1 is 1.27 bits per heavy atom. The van der Waals surface area contributed by atoms with Crippen molar-refractivity contribution in [1.82, 2.24) is 25.4 Å². The van der Waals surface area contributed by atoms with Crippen LogP contribution in [0.3, 0.4) is 0 Å². The Bertz CT molecular complexity index is 929. The molecule has 0 unspecified atom stereocenters. The lowest BCUT2D eigenvalue weighted by atomic mass is 10.0. The Balaban J connectivity index is 1.50. The van der Waals surface area contributed by atoms with Gasteiger partial charge in [0, 0.05) is 61.6 Å². The molecule has 0 bridgehead atoms. The van der Waals surface area contributed by atoms with Gasteiger partial charge in [0.15, 0.2) is 0 Å². The molecule has 2 aromatic rings. The van der Waals surface area contributed by atoms with Crippen LogP contribution >= 0.6 is 11.6 Å². The van der Waals surface area contributed by atoms with Crippen LogP contribution < -0.4 is 10.6 Å². The minimum Gasteiger partial charge on any atom is -0.357 e. The number of amides is 4. The number of halogens is 1. The Kier molecular flexibility index (Phi) is 7.20. The van der Waals surface area contributed by atoms with Crippen LogP contribution in [0.1, 0.15) is 31.9 Å². The SMILES string of the molecule is CC(=O)NCCC(=O)N1CCC[C@@H](N(C)C(=O)NCc2cc3cc(Cl)ccc3[nH]2)C1. The van der Waals surface area contributed by atoms with E-state index in [1.54, 1.807) is 16.8 Å². The standard InChI is InChI=1S/C21H28ClN5O3/c1-14(28)23-8-7-20(29)27-9-3-4-18(13-27)26(2)21(30)24-12-17-11-15-10-16(22)5-6-19(15)25-17/h5-6,10-11,18,25H,3-4,7-9,12-13H2,1-2H3,(H,23,28)(H,24,30)/t18-/m1/s1. The first-order chi connectivity index (χ1) is 14.3. The van der Waals surface area contributed by atoms with Crippen LogP contribution in [0.25, 0.3) is 10.9 Å². The number of hydrogen-bond donors (Lipinski definition) is 3. The van der Waals surface area contributed by atoms with Crippen LogP contribution in [0, 0.1) is 0 Å². The van der Waals surface area contributed by atoms with Gasteiger partial charge in [0.1, 0.15) is 0 Å². The summed E-state index contributed by atoms with van der Waals surface area (Å²) in [6.45, 7) is 3.33. The van der Waals surface area contributed by atoms with Crippen molar-refractivity contribution in [1.29, 1.82) is 0 Å². The Morgan fingerprint density at radius 2 is 2.07 bits per heavy atom. The van der Waals surface area contributed by atoms with Crippen molar-refractivity contribution in [2.75, 3.05) is 26.7 Å². The molecule has 1 atom stereocenters. The first-order valence-corrected chi connectivity index (χ1v) is 10.5. The summed E-state index contributed by atoms with van der Waals surface area (Å²) >= 11 is 6.02. The molecule has 0 radical (unpaired) electrons. The number of aromatic amines is 1. The molecule has 2 heterocycles. The van der Waals surface area contributed by atoms with E-state index in [0.29, 0.717) is 31.2 Å². The average molecular weight is 434 g/mol. The second-order valence-corrected chi connectivity index (χ2v) is 8.10. The van der Waals surface area contributed by atoms with E-state index in [0.717, 1.165) is 29.4 Å². The molecular formula is C21H28ClN5O3. The topological polar surface area (TPSA) is 97.5 Å². The number of benzene rings is 1. The minimum atomic E-state index is -0.177. The number of nitrogens with one attached hydrogen (secondary N) is 3. The summed E-state index contributed by atoms with van der Waals surface area (Å²) in [4.78, 5) is 42.7. The number of rotatable bonds is 6. The number of carbonyl (C=O) groups is 3. The first kappa shape index (κ1) is 22.0. The fourth-order valence-corrected chi connectivity index (χ4v) is 3.90. The molecule has 162 valence electrons. The largest absolute Gasteiger partial charge is 0.357 e. The van der Waals surface area contributed by atoms with Crippen LogP contribution in [-0.4, -0.2) is 65.4 Å². The van der Waals surface area contributed by atoms with Crippen molar-refractivity contribution in [3.05, 3.63) is 35.0 Å². The number of nitrogens with zero attached hydrogens (tertiary/aromatic N) is 2. The lowest BCUT2D eigenvalue weighted by molar-refractivity contribution is -0.133. The van der Waals surface area contributed by atoms with E-state index in [9.17, 15) is 14.4 Å². The van der Waals surface area contributed by atoms with Gasteiger partial charge in [0.05, 0.1) is 12.6 Å². The minimum absolute atomic E-state index is 0.000931. The summed E-state index contributed by atoms with van der Waals surface area (Å²) in [7, 11) is 1.76. The molecular weight excluding hydrogens is 406 g/mol. The first-order valence-electron chi connectivity index (χ1n) is 10.1. The Morgan fingerprint density at radius 3 is 2.83 bits per heavy atom. The fourth-order valence-electron chi connectivity index (χ4n) is 3.72. The maximum absolute atomic E-state index is 12.6. The number of likely N-dealkylation sites (tertiary alicyclic amines) is 1. The van der Waals surface area contributed by atoms with E-state index in [1.807, 2.05) is 24.3 Å². The van der Waals surface area contributed by atoms with Gasteiger partial charge in [-0.2, -0.15) is 0 Å². The van der Waals surface area contributed by atoms with E-state index in [4.69, 9.17) is 11.6 Å². The van der Waals surface area contributed by atoms with E-state index in [2.05, 4.69) is 15.6 Å². The monoisotopic (exact) mass is 433 g/mol. The predicted molar refractivity (Wildman–Crippen MR) is 116 cm³/mol. The third-order valence-corrected chi connectivity index (χ3v) is 5.63. The van der Waals surface area contributed by atoms with Crippen LogP contribution in [0.5, 0.6) is 0 Å². The average Bonchev–Trinajstić information content (AvgIpc) is 3.13. The second-order valence-electron chi connectivity index (χ2n) is 7.66. The highest BCUT2D eigenvalue weighted by Crippen LogP contribution is 2.20. The fraction of sp³-hybridized carbons (Fsp3) is 0.476. The number of H-pyrrole nitrogens is 1. The number of fused-ring (bicyclic) bond motifs is 1. The summed E-state index contributed by atoms with van der Waals surface area (Å²) in [6, 6.07) is 7.37. The van der Waals surface area contributed by atoms with Gasteiger partial charge in [-0.25, -0.2) is 4.79 Å². The highest BCUT2D eigenvalue weighted by molar-refractivity contribution is 6.31. The predicted octanol–water partition coefficient (Wildman–Crippen LogP) is 2.48. The maximum Gasteiger partial charge on any atom is 0.317 e. The molecule has 1 fully saturated rings. The zero-order valence-corrected chi connectivity index (χ0v) is 18.1. The van der Waals surface area contributed by atoms with Crippen LogP contribution in [0.2, 0.25) is 5.02 Å². The molecule has 1 saturated heterocycles. The van der Waals surface area contributed by atoms with Crippen molar-refractivity contribution in [3.63, 3.8) is 0 Å². The summed E-state index contributed by atoms with van der Waals surface area (Å²) in [5.41, 5.74) is 1.87. The molecule has 9 heteroatoms. The van der Waals surface area contributed by atoms with Crippen molar-refractivity contribution in [2.24, 2.45) is 0 Å². The van der Waals surface area contributed by atoms with Gasteiger partial charge in [0.2, 0.25) is 11.8 Å². The van der Waals surface area contributed by atoms with Crippen LogP contribution in [-0.2, 0) is 16.1 Å². The molecule has 0 saturated carbocycles. The third-order valence-electron chi connectivity index (χ3n) is 5.40. The smallest absolute Gasteiger partial charge is 0.317 e. The zero-order valence-electron chi connectivity index (χ0n) is 17.3. The molecule has 8 nitrogen and oxygen atoms in total. The molecule has 3 rings (SSSR count). The van der Waals surface area contributed by atoms with E-state index in [1.165, 1.54) is 6.92 Å². The molecule has 4 amide bonds. The van der Waals surface area contributed by atoms with Gasteiger partial charge in [-0.15, -0.1) is 0 Å². The maximum atomic E-state index is 12.6. The molecule has 1 aliphatic heterocycles. The van der Waals surface area contributed by atoms with Gasteiger partial charge < -0.3 is 25.4 Å². The van der Waals surface area contributed by atoms with Crippen LogP contribution in [0.15, 0.2) is 24.3 Å². The van der Waals surface area contributed by atoms with Crippen molar-refractivity contribution in [2.45, 2.75) is 38.8 Å². The number of hydrogen-bond acceptors (Lipinski definition) is 3. The molecule has 30 heavy (non-hydrogen) atoms. The van der Waals surface area contributed by atoms with Crippen molar-refractivity contribution in [3.8, 4) is 0 Å². The van der Waals surface area contributed by atoms with Gasteiger partial charge in [-0.3, -0.25) is 9.59 Å². The number of urea groups is 1. The lowest BCUT2D eigenvalue weighted by Gasteiger charge is -2.37. The van der Waals surface area contributed by atoms with Crippen molar-refractivity contribution >= 4 is 40.3 Å². The number of carbonyl (C=O) groups excluding carboxylic acids is 3. The molecule has 1 aromatic carbocycles.